The standard InChI is InChI=1S/C21H23N3O3/c25-19-16-6-5-13(10-23(19)20(26)27)21(16)7-12(8-21)18-15-4-2-1-3-14(15)17-9-22-11-24(17)18/h1-4,9,11-13,16,18-19,25H,5-8,10H2,(H,26,27)/t12?,13-,16-,18+,19+,21?/m0/s1. The van der Waals surface area contributed by atoms with E-state index in [4.69, 9.17) is 0 Å². The van der Waals surface area contributed by atoms with Gasteiger partial charge < -0.3 is 14.8 Å². The first-order valence-electron chi connectivity index (χ1n) is 9.89. The number of aromatic nitrogens is 2. The van der Waals surface area contributed by atoms with Gasteiger partial charge in [-0.05, 0) is 48.5 Å². The smallest absolute Gasteiger partial charge is 0.409 e. The summed E-state index contributed by atoms with van der Waals surface area (Å²) in [5.74, 6) is 0.993. The van der Waals surface area contributed by atoms with E-state index >= 15 is 0 Å². The van der Waals surface area contributed by atoms with E-state index in [-0.39, 0.29) is 11.3 Å². The molecular formula is C21H23N3O3. The number of aliphatic hydroxyl groups excluding tert-OH is 1. The summed E-state index contributed by atoms with van der Waals surface area (Å²) in [5, 5.41) is 20.1. The molecule has 1 spiro atoms. The lowest BCUT2D eigenvalue weighted by Crippen LogP contribution is -2.61. The average molecular weight is 365 g/mol. The fourth-order valence-electron chi connectivity index (χ4n) is 6.86. The van der Waals surface area contributed by atoms with Gasteiger partial charge in [0.2, 0.25) is 0 Å². The van der Waals surface area contributed by atoms with Crippen LogP contribution in [0.5, 0.6) is 0 Å². The first kappa shape index (κ1) is 15.7. The molecule has 1 saturated heterocycles. The molecule has 1 amide bonds. The van der Waals surface area contributed by atoms with Crippen molar-refractivity contribution in [1.82, 2.24) is 14.5 Å². The van der Waals surface area contributed by atoms with Crippen molar-refractivity contribution in [3.05, 3.63) is 42.4 Å². The maximum absolute atomic E-state index is 11.5. The maximum Gasteiger partial charge on any atom is 0.409 e. The average Bonchev–Trinajstić information content (AvgIpc) is 3.27. The molecule has 6 heteroatoms. The van der Waals surface area contributed by atoms with Crippen molar-refractivity contribution in [2.45, 2.75) is 38.0 Å². The van der Waals surface area contributed by atoms with Crippen LogP contribution in [0.3, 0.4) is 0 Å². The Hall–Kier alpha value is -2.34. The van der Waals surface area contributed by atoms with Gasteiger partial charge in [0.1, 0.15) is 6.23 Å². The zero-order chi connectivity index (χ0) is 18.3. The molecule has 140 valence electrons. The van der Waals surface area contributed by atoms with E-state index < -0.39 is 12.3 Å². The van der Waals surface area contributed by atoms with E-state index in [0.29, 0.717) is 24.4 Å². The van der Waals surface area contributed by atoms with E-state index in [1.165, 1.54) is 21.7 Å². The maximum atomic E-state index is 11.5. The minimum Gasteiger partial charge on any atom is -0.465 e. The molecule has 4 aliphatic rings. The van der Waals surface area contributed by atoms with Crippen molar-refractivity contribution in [2.24, 2.45) is 23.2 Å². The van der Waals surface area contributed by atoms with Gasteiger partial charge in [-0.3, -0.25) is 4.90 Å². The second kappa shape index (κ2) is 5.13. The highest BCUT2D eigenvalue weighted by Crippen LogP contribution is 2.68. The van der Waals surface area contributed by atoms with Gasteiger partial charge in [0.15, 0.2) is 0 Å². The molecule has 2 aromatic rings. The van der Waals surface area contributed by atoms with Crippen LogP contribution in [0.1, 0.15) is 37.3 Å². The summed E-state index contributed by atoms with van der Waals surface area (Å²) in [6, 6.07) is 8.92. The van der Waals surface area contributed by atoms with Gasteiger partial charge >= 0.3 is 6.09 Å². The van der Waals surface area contributed by atoms with Gasteiger partial charge in [-0.1, -0.05) is 24.3 Å². The lowest BCUT2D eigenvalue weighted by molar-refractivity contribution is -0.163. The third kappa shape index (κ3) is 1.84. The Labute approximate surface area is 157 Å². The number of carbonyl (C=O) groups is 1. The van der Waals surface area contributed by atoms with Crippen LogP contribution in [0.25, 0.3) is 11.3 Å². The third-order valence-corrected chi connectivity index (χ3v) is 7.97. The van der Waals surface area contributed by atoms with Crippen LogP contribution in [0.4, 0.5) is 4.79 Å². The quantitative estimate of drug-likeness (QED) is 0.813. The molecule has 27 heavy (non-hydrogen) atoms. The molecule has 2 saturated carbocycles. The highest BCUT2D eigenvalue weighted by atomic mass is 16.4. The number of fused-ring (bicyclic) bond motifs is 3. The number of hydrogen-bond acceptors (Lipinski definition) is 3. The fourth-order valence-corrected chi connectivity index (χ4v) is 6.86. The molecule has 6 rings (SSSR count). The summed E-state index contributed by atoms with van der Waals surface area (Å²) in [6.07, 6.45) is 6.19. The van der Waals surface area contributed by atoms with Crippen LogP contribution in [-0.4, -0.2) is 43.5 Å². The van der Waals surface area contributed by atoms with Crippen LogP contribution in [0.15, 0.2) is 36.8 Å². The second-order valence-electron chi connectivity index (χ2n) is 8.85. The van der Waals surface area contributed by atoms with Crippen LogP contribution < -0.4 is 0 Å². The monoisotopic (exact) mass is 365 g/mol. The number of nitrogens with zero attached hydrogens (tertiary/aromatic N) is 3. The van der Waals surface area contributed by atoms with Crippen molar-refractivity contribution < 1.29 is 15.0 Å². The Bertz CT molecular complexity index is 932. The predicted molar refractivity (Wildman–Crippen MR) is 97.9 cm³/mol. The summed E-state index contributed by atoms with van der Waals surface area (Å²) < 4.78 is 2.31. The topological polar surface area (TPSA) is 78.6 Å². The number of benzene rings is 1. The Morgan fingerprint density at radius 3 is 2.85 bits per heavy atom. The Morgan fingerprint density at radius 2 is 2.04 bits per heavy atom. The highest BCUT2D eigenvalue weighted by Gasteiger charge is 2.64. The van der Waals surface area contributed by atoms with Gasteiger partial charge in [0.05, 0.1) is 24.3 Å². The molecule has 2 aliphatic heterocycles. The van der Waals surface area contributed by atoms with E-state index in [1.54, 1.807) is 0 Å². The first-order valence-corrected chi connectivity index (χ1v) is 9.89. The number of aliphatic hydroxyl groups is 1. The molecule has 1 aromatic heterocycles. The molecule has 3 fully saturated rings. The van der Waals surface area contributed by atoms with Gasteiger partial charge in [-0.2, -0.15) is 0 Å². The number of hydrogen-bond donors (Lipinski definition) is 2. The Kier molecular flexibility index (Phi) is 2.98. The molecular weight excluding hydrogens is 342 g/mol. The number of piperidine rings is 1. The Balaban J connectivity index is 1.31. The number of carboxylic acid groups (broad SMARTS) is 1. The zero-order valence-electron chi connectivity index (χ0n) is 15.0. The third-order valence-electron chi connectivity index (χ3n) is 7.97. The van der Waals surface area contributed by atoms with Crippen molar-refractivity contribution >= 4 is 6.09 Å². The second-order valence-corrected chi connectivity index (χ2v) is 8.85. The van der Waals surface area contributed by atoms with Crippen LogP contribution in [0.2, 0.25) is 0 Å². The minimum atomic E-state index is -0.988. The lowest BCUT2D eigenvalue weighted by atomic mass is 9.50. The minimum absolute atomic E-state index is 0.0857. The van der Waals surface area contributed by atoms with Crippen LogP contribution in [0, 0.1) is 23.2 Å². The van der Waals surface area contributed by atoms with E-state index in [0.717, 1.165) is 25.7 Å². The summed E-state index contributed by atoms with van der Waals surface area (Å²) in [5.41, 5.74) is 3.98. The summed E-state index contributed by atoms with van der Waals surface area (Å²) in [6.45, 7) is 0.483. The molecule has 2 aliphatic carbocycles. The number of imidazole rings is 1. The summed E-state index contributed by atoms with van der Waals surface area (Å²) in [7, 11) is 0. The summed E-state index contributed by atoms with van der Waals surface area (Å²) >= 11 is 0. The largest absolute Gasteiger partial charge is 0.465 e. The zero-order valence-corrected chi connectivity index (χ0v) is 15.0. The fraction of sp³-hybridized carbons (Fsp3) is 0.524. The molecule has 1 aromatic carbocycles. The molecule has 3 heterocycles. The molecule has 2 N–H and O–H groups in total. The normalized spacial score (nSPS) is 38.6. The van der Waals surface area contributed by atoms with Gasteiger partial charge in [0, 0.05) is 18.0 Å². The molecule has 0 unspecified atom stereocenters. The molecule has 2 bridgehead atoms. The van der Waals surface area contributed by atoms with Gasteiger partial charge in [-0.25, -0.2) is 9.78 Å². The van der Waals surface area contributed by atoms with E-state index in [2.05, 4.69) is 33.8 Å². The van der Waals surface area contributed by atoms with Gasteiger partial charge in [-0.15, -0.1) is 0 Å². The SMILES string of the molecule is O=C(O)N1C[C@@H]2CC[C@@H]([C@H]1O)C21CC([C@@H]2c3ccccc3-c3cncn32)C1. The van der Waals surface area contributed by atoms with Crippen molar-refractivity contribution in [1.29, 1.82) is 0 Å². The first-order chi connectivity index (χ1) is 13.1. The van der Waals surface area contributed by atoms with Gasteiger partial charge in [0.25, 0.3) is 0 Å². The van der Waals surface area contributed by atoms with Crippen molar-refractivity contribution in [3.8, 4) is 11.3 Å². The number of amides is 1. The molecule has 4 atom stereocenters. The van der Waals surface area contributed by atoms with E-state index in [1.807, 2.05) is 12.5 Å². The highest BCUT2D eigenvalue weighted by molar-refractivity contribution is 5.69. The lowest BCUT2D eigenvalue weighted by Gasteiger charge is -2.59. The van der Waals surface area contributed by atoms with E-state index in [9.17, 15) is 15.0 Å². The van der Waals surface area contributed by atoms with Crippen LogP contribution >= 0.6 is 0 Å². The van der Waals surface area contributed by atoms with Crippen LogP contribution in [-0.2, 0) is 0 Å². The Morgan fingerprint density at radius 1 is 1.22 bits per heavy atom. The summed E-state index contributed by atoms with van der Waals surface area (Å²) in [4.78, 5) is 17.1. The predicted octanol–water partition coefficient (Wildman–Crippen LogP) is 3.19. The molecule has 6 nitrogen and oxygen atoms in total. The number of rotatable bonds is 1. The molecule has 0 radical (unpaired) electrons. The number of likely N-dealkylation sites (tertiary alicyclic amines) is 1. The van der Waals surface area contributed by atoms with Crippen molar-refractivity contribution in [3.63, 3.8) is 0 Å². The van der Waals surface area contributed by atoms with Crippen molar-refractivity contribution in [2.75, 3.05) is 6.54 Å².